The van der Waals surface area contributed by atoms with E-state index < -0.39 is 49.8 Å². The van der Waals surface area contributed by atoms with Crippen LogP contribution in [-0.2, 0) is 4.79 Å². The summed E-state index contributed by atoms with van der Waals surface area (Å²) in [6, 6.07) is -1.91. The third-order valence-electron chi connectivity index (χ3n) is 8.28. The summed E-state index contributed by atoms with van der Waals surface area (Å²) < 4.78 is 0. The van der Waals surface area contributed by atoms with Crippen LogP contribution in [0.25, 0.3) is 0 Å². The van der Waals surface area contributed by atoms with Crippen molar-refractivity contribution in [1.82, 2.24) is 0 Å². The second kappa shape index (κ2) is 95.0. The first-order valence-electron chi connectivity index (χ1n) is 22.5. The maximum atomic E-state index is 10.2. The van der Waals surface area contributed by atoms with Crippen molar-refractivity contribution in [2.24, 2.45) is 41.4 Å². The normalized spacial score (nSPS) is 12.0. The van der Waals surface area contributed by atoms with E-state index >= 15 is 0 Å². The molecule has 534 valence electrons. The number of rotatable bonds is 21. The largest absolute Gasteiger partial charge is 0.477 e. The van der Waals surface area contributed by atoms with Gasteiger partial charge in [0.15, 0.2) is 6.04 Å². The average Bonchev–Trinajstić information content (AvgIpc) is 3.07. The van der Waals surface area contributed by atoms with Crippen molar-refractivity contribution in [3.63, 3.8) is 0 Å². The molecule has 78 heavy (non-hydrogen) atoms. The molecule has 0 spiro atoms. The monoisotopic (exact) mass is 1830 g/mol. The fourth-order valence-electron chi connectivity index (χ4n) is 5.03. The zero-order chi connectivity index (χ0) is 52.1. The summed E-state index contributed by atoms with van der Waals surface area (Å²) in [6.07, 6.45) is -2.31. The van der Waals surface area contributed by atoms with Crippen molar-refractivity contribution < 1.29 is 359 Å². The summed E-state index contributed by atoms with van der Waals surface area (Å²) in [5.74, 6) is 2.50. The predicted molar refractivity (Wildman–Crippen MR) is 280 cm³/mol. The van der Waals surface area contributed by atoms with Gasteiger partial charge in [-0.05, 0) is 41.4 Å². The molecule has 32 nitrogen and oxygen atoms in total. The van der Waals surface area contributed by atoms with Crippen LogP contribution in [-0.4, -0.2) is 213 Å². The standard InChI is InChI=1S/6C6H15NO2.C6H13NO2.11H2O.4Yb/c7*1-4(2)3-5(7)6(8)9;;;;;;;;;;;;;;;/h6*4-6,8-9H,3,7H2,1-2H3;4-5H,3,7H2,1-2H3,(H,8,9);11*1H2;;;;/p+7. The van der Waals surface area contributed by atoms with Gasteiger partial charge < -0.3 is 167 Å². The van der Waals surface area contributed by atoms with Crippen molar-refractivity contribution in [3.05, 3.63) is 0 Å². The number of carboxylic acid groups (broad SMARTS) is 1. The van der Waals surface area contributed by atoms with Crippen LogP contribution in [0.3, 0.4) is 0 Å². The SMILES string of the molecule is CC(C)CC([NH3+])C(=O)O.CC(C)CC([NH3+])C(O)O.CC(C)CC([NH3+])C(O)O.CC(C)CC([NH3+])C(O)O.CC(C)CC([NH3+])C(O)O.CC(C)CC([NH3+])C(O)O.CC(C)CC([NH3+])C(O)O.O.O.O.O.O.O.O.O.O.O.O.[Yb].[Yb].[Yb].[Yb]. The van der Waals surface area contributed by atoms with Crippen molar-refractivity contribution in [3.8, 4) is 0 Å². The number of aliphatic carboxylic acids is 1. The minimum Gasteiger partial charge on any atom is -0.477 e. The maximum Gasteiger partial charge on any atom is 0.362 e. The zero-order valence-corrected chi connectivity index (χ0v) is 55.6. The van der Waals surface area contributed by atoms with Crippen LogP contribution in [0.2, 0.25) is 0 Å². The third-order valence-corrected chi connectivity index (χ3v) is 8.28. The fourth-order valence-corrected chi connectivity index (χ4v) is 5.03. The van der Waals surface area contributed by atoms with Gasteiger partial charge in [-0.3, -0.25) is 0 Å². The molecule has 0 aromatic heterocycles. The molecule has 0 rings (SSSR count). The number of hydrogen-bond donors (Lipinski definition) is 20. The van der Waals surface area contributed by atoms with E-state index in [9.17, 15) is 4.79 Å². The number of hydrogen-bond acceptors (Lipinski definition) is 13. The Labute approximate surface area is 619 Å². The van der Waals surface area contributed by atoms with Crippen molar-refractivity contribution in [2.75, 3.05) is 0 Å². The Bertz CT molecular complexity index is 839. The maximum absolute atomic E-state index is 10.2. The Kier molecular flexibility index (Phi) is 182. The molecule has 7 unspecified atom stereocenters. The molecule has 0 aromatic rings. The molecular weight excluding hydrogens is 1690 g/mol. The third kappa shape index (κ3) is 139. The molecule has 0 heterocycles. The van der Waals surface area contributed by atoms with Gasteiger partial charge in [0.1, 0.15) is 36.3 Å². The first-order chi connectivity index (χ1) is 28.3. The quantitative estimate of drug-likeness (QED) is 0.0475. The zero-order valence-electron chi connectivity index (χ0n) is 48.7. The van der Waals surface area contributed by atoms with E-state index in [1.165, 1.54) is 0 Å². The molecule has 0 aromatic carbocycles. The van der Waals surface area contributed by atoms with Crippen LogP contribution in [0.15, 0.2) is 0 Å². The molecule has 0 amide bonds. The van der Waals surface area contributed by atoms with Gasteiger partial charge in [0.2, 0.25) is 37.7 Å². The minimum absolute atomic E-state index is 0. The van der Waals surface area contributed by atoms with E-state index in [4.69, 9.17) is 66.4 Å². The van der Waals surface area contributed by atoms with E-state index in [-0.39, 0.29) is 284 Å². The average molecular weight is 1830 g/mol. The molecule has 0 fully saturated rings. The molecule has 0 aliphatic heterocycles. The van der Waals surface area contributed by atoms with Crippen LogP contribution in [0.5, 0.6) is 0 Å². The van der Waals surface area contributed by atoms with Crippen molar-refractivity contribution in [1.29, 1.82) is 0 Å². The van der Waals surface area contributed by atoms with Gasteiger partial charge in [0.25, 0.3) is 0 Å². The molecule has 0 bridgehead atoms. The topological polar surface area (TPSA) is 820 Å². The number of aliphatic hydroxyl groups excluding tert-OH is 6. The molecule has 0 aliphatic rings. The van der Waals surface area contributed by atoms with Gasteiger partial charge in [-0.15, -0.1) is 0 Å². The molecule has 0 radical (unpaired) electrons. The van der Waals surface area contributed by atoms with Crippen LogP contribution in [0.4, 0.5) is 0 Å². The van der Waals surface area contributed by atoms with Crippen molar-refractivity contribution in [2.45, 2.75) is 222 Å². The van der Waals surface area contributed by atoms with E-state index in [2.05, 4.69) is 40.1 Å². The predicted octanol–water partition coefficient (Wildman–Crippen LogP) is -15.6. The van der Waals surface area contributed by atoms with E-state index in [1.54, 1.807) is 0 Å². The number of quaternary nitrogens is 7. The summed E-state index contributed by atoms with van der Waals surface area (Å²) >= 11 is 0. The first kappa shape index (κ1) is 150. The Morgan fingerprint density at radius 3 is 0.372 bits per heavy atom. The number of aliphatic hydroxyl groups is 12. The smallest absolute Gasteiger partial charge is 0.362 e. The van der Waals surface area contributed by atoms with Gasteiger partial charge in [0, 0.05) is 233 Å². The van der Waals surface area contributed by atoms with Crippen LogP contribution in [0.1, 0.15) is 142 Å². The molecule has 56 N–H and O–H groups in total. The molecular formula is C42H132N7O25Yb4+7. The number of carboxylic acids is 1. The molecule has 0 saturated heterocycles. The summed E-state index contributed by atoms with van der Waals surface area (Å²) in [5.41, 5.74) is 24.9. The molecule has 7 atom stereocenters. The molecule has 0 aliphatic carbocycles. The second-order valence-corrected chi connectivity index (χ2v) is 19.5. The van der Waals surface area contributed by atoms with Gasteiger partial charge in [0.05, 0.1) is 0 Å². The summed E-state index contributed by atoms with van der Waals surface area (Å²) in [7, 11) is 0. The summed E-state index contributed by atoms with van der Waals surface area (Å²) in [5, 5.41) is 111. The van der Waals surface area contributed by atoms with Crippen LogP contribution < -0.4 is 40.1 Å². The minimum atomic E-state index is -1.26. The van der Waals surface area contributed by atoms with E-state index in [0.717, 1.165) is 38.5 Å². The second-order valence-electron chi connectivity index (χ2n) is 19.5. The Hall–Kier alpha value is 4.35. The summed E-state index contributed by atoms with van der Waals surface area (Å²) in [4.78, 5) is 10.2. The Balaban J connectivity index is -0.0000000227. The summed E-state index contributed by atoms with van der Waals surface area (Å²) in [6.45, 7) is 28.3. The Morgan fingerprint density at radius 1 is 0.256 bits per heavy atom. The van der Waals surface area contributed by atoms with E-state index in [1.807, 2.05) is 96.9 Å². The fraction of sp³-hybridized carbons (Fsp3) is 0.976. The van der Waals surface area contributed by atoms with Gasteiger partial charge >= 0.3 is 5.97 Å². The first-order valence-corrected chi connectivity index (χ1v) is 22.5. The van der Waals surface area contributed by atoms with Gasteiger partial charge in [-0.2, -0.15) is 0 Å². The van der Waals surface area contributed by atoms with Gasteiger partial charge in [-0.25, -0.2) is 4.79 Å². The van der Waals surface area contributed by atoms with Gasteiger partial charge in [-0.1, -0.05) is 96.9 Å². The Morgan fingerprint density at radius 2 is 0.346 bits per heavy atom. The molecule has 0 saturated carbocycles. The van der Waals surface area contributed by atoms with Crippen molar-refractivity contribution >= 4 is 5.97 Å². The van der Waals surface area contributed by atoms with E-state index in [0.29, 0.717) is 47.8 Å². The van der Waals surface area contributed by atoms with Crippen LogP contribution >= 0.6 is 0 Å². The molecule has 36 heteroatoms. The number of carbonyl (C=O) groups is 1. The van der Waals surface area contributed by atoms with Crippen LogP contribution in [0, 0.1) is 229 Å².